The Morgan fingerprint density at radius 1 is 0.615 bits per heavy atom. The lowest BCUT2D eigenvalue weighted by atomic mass is 10.9. The molecule has 26 heavy (non-hydrogen) atoms. The Balaban J connectivity index is 5.90. The van der Waals surface area contributed by atoms with E-state index in [-0.39, 0.29) is 0 Å². The lowest BCUT2D eigenvalue weighted by Crippen LogP contribution is -2.61. The molecule has 0 heterocycles. The van der Waals surface area contributed by atoms with E-state index in [1.54, 1.807) is 0 Å². The van der Waals surface area contributed by atoms with E-state index >= 15 is 0 Å². The average molecular weight is 435 g/mol. The lowest BCUT2D eigenvalue weighted by Gasteiger charge is -2.45. The van der Waals surface area contributed by atoms with Gasteiger partial charge in [0.05, 0.1) is 0 Å². The average Bonchev–Trinajstić information content (AvgIpc) is 2.70. The van der Waals surface area contributed by atoms with Gasteiger partial charge in [-0.15, -0.1) is 13.2 Å². The van der Waals surface area contributed by atoms with Crippen LogP contribution in [0.5, 0.6) is 0 Å². The van der Waals surface area contributed by atoms with Crippen LogP contribution < -0.4 is 0 Å². The van der Waals surface area contributed by atoms with Gasteiger partial charge in [-0.1, -0.05) is 59.9 Å². The van der Waals surface area contributed by atoms with Crippen LogP contribution >= 0.6 is 0 Å². The topological polar surface area (TPSA) is 47.9 Å². The molecule has 0 aromatic rings. The summed E-state index contributed by atoms with van der Waals surface area (Å²) >= 11 is 0. The van der Waals surface area contributed by atoms with E-state index in [1.807, 2.05) is 25.2 Å². The SMILES string of the molecule is C=C[Si](C=C)(CC)O[Si](CC)(CC)O[Si](CC)(CC)O[Si](O)(CC)CC. The number of hydrogen-bond donors (Lipinski definition) is 1. The maximum atomic E-state index is 11.0. The predicted molar refractivity (Wildman–Crippen MR) is 122 cm³/mol. The fourth-order valence-electron chi connectivity index (χ4n) is 3.07. The van der Waals surface area contributed by atoms with Crippen LogP contribution in [0.2, 0.25) is 42.3 Å². The predicted octanol–water partition coefficient (Wildman–Crippen LogP) is 5.89. The smallest absolute Gasteiger partial charge is 0.326 e. The van der Waals surface area contributed by atoms with E-state index in [0.717, 1.165) is 30.2 Å². The molecule has 0 spiro atoms. The van der Waals surface area contributed by atoms with E-state index in [4.69, 9.17) is 12.3 Å². The standard InChI is InChI=1S/C18H42O4Si4/c1-10-23(11-2,12-3)20-25(15-6,16-7)22-26(17-8,18-9)21-24(19,13-4)14-5/h10-11,19H,1-2,12-18H2,3-9H3. The van der Waals surface area contributed by atoms with Crippen molar-refractivity contribution in [2.24, 2.45) is 0 Å². The Labute approximate surface area is 166 Å². The van der Waals surface area contributed by atoms with Crippen molar-refractivity contribution < 1.29 is 17.1 Å². The minimum Gasteiger partial charge on any atom is -0.429 e. The summed E-state index contributed by atoms with van der Waals surface area (Å²) in [6.45, 7) is 22.8. The van der Waals surface area contributed by atoms with Crippen LogP contribution in [0.15, 0.2) is 24.6 Å². The molecule has 1 N–H and O–H groups in total. The van der Waals surface area contributed by atoms with E-state index in [1.165, 1.54) is 0 Å². The second-order valence-corrected chi connectivity index (χ2v) is 22.6. The normalized spacial score (nSPS) is 13.7. The highest BCUT2D eigenvalue weighted by Gasteiger charge is 2.51. The maximum absolute atomic E-state index is 11.0. The molecule has 0 atom stereocenters. The Bertz CT molecular complexity index is 425. The summed E-state index contributed by atoms with van der Waals surface area (Å²) in [4.78, 5) is 11.0. The molecular weight excluding hydrogens is 393 g/mol. The van der Waals surface area contributed by atoms with Gasteiger partial charge < -0.3 is 17.1 Å². The summed E-state index contributed by atoms with van der Waals surface area (Å²) in [5, 5.41) is 0. The molecule has 0 saturated carbocycles. The van der Waals surface area contributed by atoms with Gasteiger partial charge in [0.2, 0.25) is 8.32 Å². The minimum atomic E-state index is -2.71. The molecule has 0 aliphatic heterocycles. The highest BCUT2D eigenvalue weighted by Crippen LogP contribution is 2.35. The Morgan fingerprint density at radius 3 is 1.27 bits per heavy atom. The maximum Gasteiger partial charge on any atom is 0.326 e. The number of rotatable bonds is 15. The van der Waals surface area contributed by atoms with Crippen LogP contribution in [-0.4, -0.2) is 38.8 Å². The molecule has 0 fully saturated rings. The number of hydrogen-bond acceptors (Lipinski definition) is 4. The third-order valence-electron chi connectivity index (χ3n) is 5.63. The van der Waals surface area contributed by atoms with Crippen molar-refractivity contribution in [3.05, 3.63) is 24.6 Å². The van der Waals surface area contributed by atoms with Crippen molar-refractivity contribution in [2.45, 2.75) is 90.8 Å². The van der Waals surface area contributed by atoms with Crippen LogP contribution in [0.3, 0.4) is 0 Å². The van der Waals surface area contributed by atoms with Crippen LogP contribution in [0.1, 0.15) is 48.5 Å². The molecule has 0 radical (unpaired) electrons. The second kappa shape index (κ2) is 11.3. The molecule has 4 nitrogen and oxygen atoms in total. The molecule has 0 aromatic carbocycles. The molecule has 8 heteroatoms. The Morgan fingerprint density at radius 2 is 1.00 bits per heavy atom. The first-order chi connectivity index (χ1) is 12.2. The van der Waals surface area contributed by atoms with Crippen LogP contribution in [0, 0.1) is 0 Å². The van der Waals surface area contributed by atoms with Crippen molar-refractivity contribution in [1.29, 1.82) is 0 Å². The minimum absolute atomic E-state index is 0.697. The van der Waals surface area contributed by atoms with Crippen LogP contribution in [0.4, 0.5) is 0 Å². The van der Waals surface area contributed by atoms with Gasteiger partial charge in [0, 0.05) is 0 Å². The van der Waals surface area contributed by atoms with Crippen molar-refractivity contribution >= 4 is 34.0 Å². The second-order valence-electron chi connectivity index (χ2n) is 6.91. The molecule has 0 aromatic heterocycles. The van der Waals surface area contributed by atoms with Gasteiger partial charge in [-0.25, -0.2) is 0 Å². The summed E-state index contributed by atoms with van der Waals surface area (Å²) in [7, 11) is -9.94. The first kappa shape index (κ1) is 26.2. The van der Waals surface area contributed by atoms with Gasteiger partial charge in [-0.2, -0.15) is 0 Å². The first-order valence-corrected chi connectivity index (χ1v) is 19.3. The molecular formula is C18H42O4Si4. The molecule has 154 valence electrons. The van der Waals surface area contributed by atoms with E-state index in [2.05, 4.69) is 47.8 Å². The monoisotopic (exact) mass is 434 g/mol. The van der Waals surface area contributed by atoms with Gasteiger partial charge in [-0.3, -0.25) is 0 Å². The van der Waals surface area contributed by atoms with Gasteiger partial charge in [-0.05, 0) is 42.3 Å². The third-order valence-corrected chi connectivity index (χ3v) is 23.6. The van der Waals surface area contributed by atoms with E-state index < -0.39 is 34.0 Å². The molecule has 0 unspecified atom stereocenters. The van der Waals surface area contributed by atoms with Gasteiger partial charge in [0.25, 0.3) is 0 Å². The zero-order valence-electron chi connectivity index (χ0n) is 18.2. The summed E-state index contributed by atoms with van der Waals surface area (Å²) in [6.07, 6.45) is 0. The summed E-state index contributed by atoms with van der Waals surface area (Å²) in [6, 6.07) is 5.71. The highest BCUT2D eigenvalue weighted by atomic mass is 28.5. The van der Waals surface area contributed by atoms with Crippen molar-refractivity contribution in [2.75, 3.05) is 0 Å². The first-order valence-electron chi connectivity index (χ1n) is 10.3. The molecule has 0 saturated heterocycles. The highest BCUT2D eigenvalue weighted by molar-refractivity contribution is 6.93. The van der Waals surface area contributed by atoms with Gasteiger partial charge in [0.15, 0.2) is 0 Å². The van der Waals surface area contributed by atoms with Crippen LogP contribution in [0.25, 0.3) is 0 Å². The Kier molecular flexibility index (Phi) is 11.3. The van der Waals surface area contributed by atoms with Crippen LogP contribution in [-0.2, 0) is 12.3 Å². The summed E-state index contributed by atoms with van der Waals surface area (Å²) < 4.78 is 20.3. The fraction of sp³-hybridized carbons (Fsp3) is 0.778. The largest absolute Gasteiger partial charge is 0.429 e. The van der Waals surface area contributed by atoms with Crippen molar-refractivity contribution in [3.63, 3.8) is 0 Å². The summed E-state index contributed by atoms with van der Waals surface area (Å²) in [5.41, 5.74) is 3.95. The molecule has 0 aliphatic rings. The summed E-state index contributed by atoms with van der Waals surface area (Å²) in [5.74, 6) is 0. The fourth-order valence-corrected chi connectivity index (χ4v) is 21.7. The Hall–Kier alpha value is 0.188. The molecule has 0 aliphatic carbocycles. The van der Waals surface area contributed by atoms with Crippen molar-refractivity contribution in [1.82, 2.24) is 0 Å². The van der Waals surface area contributed by atoms with Gasteiger partial charge >= 0.3 is 25.7 Å². The van der Waals surface area contributed by atoms with Crippen molar-refractivity contribution in [3.8, 4) is 0 Å². The molecule has 0 amide bonds. The van der Waals surface area contributed by atoms with Gasteiger partial charge in [0.1, 0.15) is 0 Å². The zero-order chi connectivity index (χ0) is 20.5. The third kappa shape index (κ3) is 6.37. The molecule has 0 rings (SSSR count). The zero-order valence-corrected chi connectivity index (χ0v) is 22.2. The lowest BCUT2D eigenvalue weighted by molar-refractivity contribution is 0.272. The quantitative estimate of drug-likeness (QED) is 0.326. The molecule has 0 bridgehead atoms. The van der Waals surface area contributed by atoms with E-state index in [0.29, 0.717) is 12.1 Å². The van der Waals surface area contributed by atoms with E-state index in [9.17, 15) is 4.80 Å².